The van der Waals surface area contributed by atoms with Crippen molar-refractivity contribution in [1.29, 1.82) is 0 Å². The second-order valence-electron chi connectivity index (χ2n) is 3.48. The van der Waals surface area contributed by atoms with Crippen LogP contribution < -0.4 is 5.32 Å². The molecule has 15 heavy (non-hydrogen) atoms. The molecule has 0 aliphatic heterocycles. The van der Waals surface area contributed by atoms with Crippen LogP contribution in [-0.2, 0) is 0 Å². The van der Waals surface area contributed by atoms with Crippen molar-refractivity contribution in [3.8, 4) is 0 Å². The Hall–Kier alpha value is -0.900. The predicted octanol–water partition coefficient (Wildman–Crippen LogP) is 2.59. The fourth-order valence-corrected chi connectivity index (χ4v) is 1.25. The zero-order valence-electron chi connectivity index (χ0n) is 8.47. The van der Waals surface area contributed by atoms with Crippen LogP contribution in [0.3, 0.4) is 0 Å². The van der Waals surface area contributed by atoms with Gasteiger partial charge in [-0.2, -0.15) is 0 Å². The van der Waals surface area contributed by atoms with Gasteiger partial charge in [0.25, 0.3) is 5.91 Å². The van der Waals surface area contributed by atoms with Crippen molar-refractivity contribution in [3.05, 3.63) is 35.6 Å². The van der Waals surface area contributed by atoms with Gasteiger partial charge in [-0.1, -0.05) is 22.9 Å². The second kappa shape index (κ2) is 5.85. The van der Waals surface area contributed by atoms with Crippen molar-refractivity contribution in [2.75, 3.05) is 11.9 Å². The van der Waals surface area contributed by atoms with E-state index in [1.165, 1.54) is 24.3 Å². The van der Waals surface area contributed by atoms with Gasteiger partial charge in [0.15, 0.2) is 0 Å². The van der Waals surface area contributed by atoms with E-state index in [2.05, 4.69) is 21.2 Å². The summed E-state index contributed by atoms with van der Waals surface area (Å²) in [5.74, 6) is -0.113. The minimum atomic E-state index is -0.333. The topological polar surface area (TPSA) is 29.1 Å². The molecule has 0 aromatic heterocycles. The van der Waals surface area contributed by atoms with Crippen molar-refractivity contribution in [2.45, 2.75) is 6.92 Å². The van der Waals surface area contributed by atoms with E-state index in [-0.39, 0.29) is 11.7 Å². The van der Waals surface area contributed by atoms with Gasteiger partial charge in [-0.05, 0) is 30.2 Å². The fraction of sp³-hybridized carbons (Fsp3) is 0.364. The van der Waals surface area contributed by atoms with Crippen molar-refractivity contribution in [2.24, 2.45) is 5.92 Å². The summed E-state index contributed by atoms with van der Waals surface area (Å²) in [5.41, 5.74) is 0.484. The van der Waals surface area contributed by atoms with Crippen LogP contribution in [0.4, 0.5) is 4.39 Å². The highest BCUT2D eigenvalue weighted by Gasteiger charge is 2.06. The number of benzene rings is 1. The van der Waals surface area contributed by atoms with Crippen LogP contribution in [-0.4, -0.2) is 17.8 Å². The van der Waals surface area contributed by atoms with E-state index in [0.29, 0.717) is 18.0 Å². The average molecular weight is 274 g/mol. The molecule has 0 heterocycles. The number of amides is 1. The van der Waals surface area contributed by atoms with Crippen LogP contribution in [0.15, 0.2) is 24.3 Å². The van der Waals surface area contributed by atoms with E-state index in [0.717, 1.165) is 5.33 Å². The summed E-state index contributed by atoms with van der Waals surface area (Å²) in [5, 5.41) is 3.62. The molecule has 0 saturated carbocycles. The Labute approximate surface area is 97.0 Å². The number of alkyl halides is 1. The molecule has 1 unspecified atom stereocenters. The van der Waals surface area contributed by atoms with Crippen molar-refractivity contribution in [3.63, 3.8) is 0 Å². The fourth-order valence-electron chi connectivity index (χ4n) is 1.02. The maximum atomic E-state index is 12.6. The van der Waals surface area contributed by atoms with Gasteiger partial charge in [0.1, 0.15) is 5.82 Å². The lowest BCUT2D eigenvalue weighted by atomic mass is 10.2. The van der Waals surface area contributed by atoms with Gasteiger partial charge in [0.2, 0.25) is 0 Å². The number of carbonyl (C=O) groups is 1. The number of nitrogens with one attached hydrogen (secondary N) is 1. The van der Waals surface area contributed by atoms with Crippen LogP contribution in [0, 0.1) is 11.7 Å². The number of carbonyl (C=O) groups excluding carboxylic acids is 1. The van der Waals surface area contributed by atoms with E-state index in [1.807, 2.05) is 6.92 Å². The Morgan fingerprint density at radius 2 is 2.07 bits per heavy atom. The lowest BCUT2D eigenvalue weighted by molar-refractivity contribution is 0.0949. The molecule has 0 aliphatic rings. The van der Waals surface area contributed by atoms with E-state index in [4.69, 9.17) is 0 Å². The van der Waals surface area contributed by atoms with E-state index >= 15 is 0 Å². The van der Waals surface area contributed by atoms with Gasteiger partial charge in [-0.25, -0.2) is 4.39 Å². The van der Waals surface area contributed by atoms with Gasteiger partial charge >= 0.3 is 0 Å². The Morgan fingerprint density at radius 3 is 2.60 bits per heavy atom. The number of hydrogen-bond donors (Lipinski definition) is 1. The molecule has 1 aromatic rings. The molecular weight excluding hydrogens is 261 g/mol. The maximum Gasteiger partial charge on any atom is 0.251 e. The molecule has 1 amide bonds. The summed E-state index contributed by atoms with van der Waals surface area (Å²) in [6.45, 7) is 2.64. The summed E-state index contributed by atoms with van der Waals surface area (Å²) in [4.78, 5) is 11.5. The van der Waals surface area contributed by atoms with Gasteiger partial charge in [-0.3, -0.25) is 4.79 Å². The molecule has 0 radical (unpaired) electrons. The standard InChI is InChI=1S/C11H13BrFNO/c1-8(6-12)7-14-11(15)9-2-4-10(13)5-3-9/h2-5,8H,6-7H2,1H3,(H,14,15). The molecule has 0 saturated heterocycles. The third kappa shape index (κ3) is 4.00. The van der Waals surface area contributed by atoms with Crippen molar-refractivity contribution < 1.29 is 9.18 Å². The first kappa shape index (κ1) is 12.2. The average Bonchev–Trinajstić information content (AvgIpc) is 2.26. The number of halogens is 2. The Morgan fingerprint density at radius 1 is 1.47 bits per heavy atom. The molecule has 0 aliphatic carbocycles. The summed E-state index contributed by atoms with van der Waals surface area (Å²) in [6, 6.07) is 5.51. The van der Waals surface area contributed by atoms with Crippen LogP contribution in [0.2, 0.25) is 0 Å². The van der Waals surface area contributed by atoms with Crippen molar-refractivity contribution in [1.82, 2.24) is 5.32 Å². The van der Waals surface area contributed by atoms with Gasteiger partial charge in [0, 0.05) is 17.4 Å². The predicted molar refractivity (Wildman–Crippen MR) is 61.7 cm³/mol. The molecule has 0 bridgehead atoms. The largest absolute Gasteiger partial charge is 0.352 e. The highest BCUT2D eigenvalue weighted by Crippen LogP contribution is 2.03. The zero-order valence-corrected chi connectivity index (χ0v) is 10.1. The van der Waals surface area contributed by atoms with E-state index in [9.17, 15) is 9.18 Å². The molecule has 0 fully saturated rings. The summed E-state index contributed by atoms with van der Waals surface area (Å²) in [7, 11) is 0. The monoisotopic (exact) mass is 273 g/mol. The Kier molecular flexibility index (Phi) is 4.75. The first-order valence-corrected chi connectivity index (χ1v) is 5.85. The Bertz CT molecular complexity index is 326. The van der Waals surface area contributed by atoms with Crippen LogP contribution in [0.5, 0.6) is 0 Å². The van der Waals surface area contributed by atoms with Gasteiger partial charge in [-0.15, -0.1) is 0 Å². The minimum absolute atomic E-state index is 0.164. The van der Waals surface area contributed by atoms with Crippen LogP contribution >= 0.6 is 15.9 Å². The van der Waals surface area contributed by atoms with Crippen LogP contribution in [0.25, 0.3) is 0 Å². The molecule has 82 valence electrons. The number of hydrogen-bond acceptors (Lipinski definition) is 1. The first-order chi connectivity index (χ1) is 7.13. The number of rotatable bonds is 4. The zero-order chi connectivity index (χ0) is 11.3. The van der Waals surface area contributed by atoms with Gasteiger partial charge < -0.3 is 5.32 Å². The normalized spacial score (nSPS) is 12.2. The first-order valence-electron chi connectivity index (χ1n) is 4.73. The van der Waals surface area contributed by atoms with E-state index < -0.39 is 0 Å². The molecule has 4 heteroatoms. The quantitative estimate of drug-likeness (QED) is 0.840. The smallest absolute Gasteiger partial charge is 0.251 e. The second-order valence-corrected chi connectivity index (χ2v) is 4.12. The molecule has 1 N–H and O–H groups in total. The highest BCUT2D eigenvalue weighted by molar-refractivity contribution is 9.09. The molecule has 1 rings (SSSR count). The molecule has 1 aromatic carbocycles. The third-order valence-electron chi connectivity index (χ3n) is 1.98. The third-order valence-corrected chi connectivity index (χ3v) is 3.09. The van der Waals surface area contributed by atoms with Gasteiger partial charge in [0.05, 0.1) is 0 Å². The molecular formula is C11H13BrFNO. The molecule has 2 nitrogen and oxygen atoms in total. The summed E-state index contributed by atoms with van der Waals surface area (Å²) in [6.07, 6.45) is 0. The minimum Gasteiger partial charge on any atom is -0.352 e. The highest BCUT2D eigenvalue weighted by atomic mass is 79.9. The van der Waals surface area contributed by atoms with Crippen molar-refractivity contribution >= 4 is 21.8 Å². The molecule has 1 atom stereocenters. The lowest BCUT2D eigenvalue weighted by Crippen LogP contribution is -2.28. The lowest BCUT2D eigenvalue weighted by Gasteiger charge is -2.09. The van der Waals surface area contributed by atoms with E-state index in [1.54, 1.807) is 0 Å². The summed E-state index contributed by atoms with van der Waals surface area (Å²) < 4.78 is 12.6. The Balaban J connectivity index is 2.50. The van der Waals surface area contributed by atoms with Crippen LogP contribution in [0.1, 0.15) is 17.3 Å². The SMILES string of the molecule is CC(CBr)CNC(=O)c1ccc(F)cc1. The summed E-state index contributed by atoms with van der Waals surface area (Å²) >= 11 is 3.33. The maximum absolute atomic E-state index is 12.6. The molecule has 0 spiro atoms.